The van der Waals surface area contributed by atoms with Crippen LogP contribution in [0.1, 0.15) is 27.2 Å². The Hall–Kier alpha value is -0.550. The topological polar surface area (TPSA) is 27.0 Å². The molecule has 0 atom stereocenters. The van der Waals surface area contributed by atoms with Gasteiger partial charge in [0.1, 0.15) is 0 Å². The van der Waals surface area contributed by atoms with Crippen molar-refractivity contribution >= 4 is 0 Å². The van der Waals surface area contributed by atoms with Crippen LogP contribution in [0, 0.1) is 22.7 Å². The third kappa shape index (κ3) is 2.83. The van der Waals surface area contributed by atoms with Gasteiger partial charge in [0.25, 0.3) is 0 Å². The van der Waals surface area contributed by atoms with Crippen LogP contribution in [-0.2, 0) is 0 Å². The Balaban J connectivity index is 2.15. The SMILES string of the molecule is CC(C)(C)CC1CN(CC#N)C1. The molecule has 0 N–H and O–H groups in total. The summed E-state index contributed by atoms with van der Waals surface area (Å²) in [6.07, 6.45) is 1.29. The molecule has 2 heteroatoms. The Morgan fingerprint density at radius 3 is 2.42 bits per heavy atom. The fourth-order valence-electron chi connectivity index (χ4n) is 1.90. The molecule has 0 aromatic carbocycles. The largest absolute Gasteiger partial charge is 0.290 e. The molecule has 0 radical (unpaired) electrons. The third-order valence-electron chi connectivity index (χ3n) is 2.23. The molecule has 1 aliphatic rings. The standard InChI is InChI=1S/C10H18N2/c1-10(2,3)6-9-7-12(8-9)5-4-11/h9H,5-8H2,1-3H3. The van der Waals surface area contributed by atoms with Crippen molar-refractivity contribution in [1.82, 2.24) is 4.90 Å². The van der Waals surface area contributed by atoms with Gasteiger partial charge in [-0.3, -0.25) is 4.90 Å². The van der Waals surface area contributed by atoms with Gasteiger partial charge >= 0.3 is 0 Å². The Morgan fingerprint density at radius 1 is 1.42 bits per heavy atom. The summed E-state index contributed by atoms with van der Waals surface area (Å²) < 4.78 is 0. The molecule has 0 aliphatic carbocycles. The predicted molar refractivity (Wildman–Crippen MR) is 49.6 cm³/mol. The summed E-state index contributed by atoms with van der Waals surface area (Å²) >= 11 is 0. The first-order valence-corrected chi connectivity index (χ1v) is 4.60. The molecule has 0 aromatic rings. The fraction of sp³-hybridized carbons (Fsp3) is 0.900. The lowest BCUT2D eigenvalue weighted by molar-refractivity contribution is 0.0825. The normalized spacial score (nSPS) is 20.2. The van der Waals surface area contributed by atoms with E-state index in [1.54, 1.807) is 0 Å². The number of hydrogen-bond donors (Lipinski definition) is 0. The molecule has 1 heterocycles. The highest BCUT2D eigenvalue weighted by Crippen LogP contribution is 2.29. The molecular formula is C10H18N2. The summed E-state index contributed by atoms with van der Waals surface area (Å²) in [7, 11) is 0. The zero-order chi connectivity index (χ0) is 9.19. The van der Waals surface area contributed by atoms with Crippen LogP contribution < -0.4 is 0 Å². The number of rotatable bonds is 2. The summed E-state index contributed by atoms with van der Waals surface area (Å²) in [6, 6.07) is 2.18. The molecule has 0 amide bonds. The average Bonchev–Trinajstić information content (AvgIpc) is 1.80. The van der Waals surface area contributed by atoms with Gasteiger partial charge in [0.05, 0.1) is 12.6 Å². The first-order chi connectivity index (χ1) is 5.51. The van der Waals surface area contributed by atoms with Gasteiger partial charge in [-0.15, -0.1) is 0 Å². The van der Waals surface area contributed by atoms with Crippen molar-refractivity contribution in [3.05, 3.63) is 0 Å². The molecule has 1 rings (SSSR count). The van der Waals surface area contributed by atoms with Crippen LogP contribution in [0.25, 0.3) is 0 Å². The van der Waals surface area contributed by atoms with Crippen LogP contribution in [0.15, 0.2) is 0 Å². The quantitative estimate of drug-likeness (QED) is 0.586. The van der Waals surface area contributed by atoms with Gasteiger partial charge in [0.2, 0.25) is 0 Å². The molecule has 0 aromatic heterocycles. The lowest BCUT2D eigenvalue weighted by Gasteiger charge is -2.40. The molecule has 0 spiro atoms. The van der Waals surface area contributed by atoms with Gasteiger partial charge in [0.15, 0.2) is 0 Å². The third-order valence-corrected chi connectivity index (χ3v) is 2.23. The van der Waals surface area contributed by atoms with E-state index >= 15 is 0 Å². The summed E-state index contributed by atoms with van der Waals surface area (Å²) in [5, 5.41) is 8.43. The Morgan fingerprint density at radius 2 is 2.00 bits per heavy atom. The summed E-state index contributed by atoms with van der Waals surface area (Å²) in [4.78, 5) is 2.20. The molecule has 12 heavy (non-hydrogen) atoms. The van der Waals surface area contributed by atoms with Crippen LogP contribution in [0.3, 0.4) is 0 Å². The Kier molecular flexibility index (Phi) is 2.74. The van der Waals surface area contributed by atoms with Crippen LogP contribution in [0.2, 0.25) is 0 Å². The maximum atomic E-state index is 8.43. The van der Waals surface area contributed by atoms with E-state index in [0.717, 1.165) is 19.0 Å². The van der Waals surface area contributed by atoms with Crippen LogP contribution in [0.4, 0.5) is 0 Å². The highest BCUT2D eigenvalue weighted by molar-refractivity contribution is 4.88. The summed E-state index contributed by atoms with van der Waals surface area (Å²) in [6.45, 7) is 9.70. The zero-order valence-electron chi connectivity index (χ0n) is 8.30. The highest BCUT2D eigenvalue weighted by Gasteiger charge is 2.29. The van der Waals surface area contributed by atoms with E-state index in [1.807, 2.05) is 0 Å². The monoisotopic (exact) mass is 166 g/mol. The number of nitriles is 1. The molecule has 0 saturated carbocycles. The molecule has 1 aliphatic heterocycles. The summed E-state index contributed by atoms with van der Waals surface area (Å²) in [5.74, 6) is 0.832. The van der Waals surface area contributed by atoms with E-state index in [2.05, 4.69) is 31.7 Å². The van der Waals surface area contributed by atoms with Gasteiger partial charge in [0, 0.05) is 13.1 Å². The van der Waals surface area contributed by atoms with Crippen molar-refractivity contribution < 1.29 is 0 Å². The van der Waals surface area contributed by atoms with E-state index in [1.165, 1.54) is 6.42 Å². The minimum absolute atomic E-state index is 0.448. The zero-order valence-corrected chi connectivity index (χ0v) is 8.30. The predicted octanol–water partition coefficient (Wildman–Crippen LogP) is 1.88. The van der Waals surface area contributed by atoms with Gasteiger partial charge in [-0.2, -0.15) is 5.26 Å². The van der Waals surface area contributed by atoms with Gasteiger partial charge < -0.3 is 0 Å². The second-order valence-electron chi connectivity index (χ2n) is 4.98. The minimum atomic E-state index is 0.448. The first-order valence-electron chi connectivity index (χ1n) is 4.60. The highest BCUT2D eigenvalue weighted by atomic mass is 15.2. The molecular weight excluding hydrogens is 148 g/mol. The fourth-order valence-corrected chi connectivity index (χ4v) is 1.90. The van der Waals surface area contributed by atoms with E-state index < -0.39 is 0 Å². The second-order valence-corrected chi connectivity index (χ2v) is 4.98. The maximum Gasteiger partial charge on any atom is 0.0866 e. The van der Waals surface area contributed by atoms with Crippen molar-refractivity contribution in [2.45, 2.75) is 27.2 Å². The van der Waals surface area contributed by atoms with Crippen LogP contribution >= 0.6 is 0 Å². The Bertz CT molecular complexity index is 179. The molecule has 0 bridgehead atoms. The van der Waals surface area contributed by atoms with Crippen molar-refractivity contribution in [3.8, 4) is 6.07 Å². The number of hydrogen-bond acceptors (Lipinski definition) is 2. The minimum Gasteiger partial charge on any atom is -0.290 e. The molecule has 1 saturated heterocycles. The van der Waals surface area contributed by atoms with Crippen molar-refractivity contribution in [2.75, 3.05) is 19.6 Å². The van der Waals surface area contributed by atoms with E-state index in [4.69, 9.17) is 5.26 Å². The molecule has 68 valence electrons. The van der Waals surface area contributed by atoms with Gasteiger partial charge in [-0.05, 0) is 17.8 Å². The Labute approximate surface area is 75.2 Å². The van der Waals surface area contributed by atoms with Gasteiger partial charge in [-0.25, -0.2) is 0 Å². The first kappa shape index (κ1) is 9.54. The van der Waals surface area contributed by atoms with Crippen molar-refractivity contribution in [2.24, 2.45) is 11.3 Å². The second kappa shape index (κ2) is 3.45. The lowest BCUT2D eigenvalue weighted by atomic mass is 9.81. The summed E-state index contributed by atoms with van der Waals surface area (Å²) in [5.41, 5.74) is 0.448. The van der Waals surface area contributed by atoms with E-state index in [-0.39, 0.29) is 0 Å². The van der Waals surface area contributed by atoms with Crippen LogP contribution in [-0.4, -0.2) is 24.5 Å². The van der Waals surface area contributed by atoms with E-state index in [9.17, 15) is 0 Å². The van der Waals surface area contributed by atoms with Gasteiger partial charge in [-0.1, -0.05) is 20.8 Å². The van der Waals surface area contributed by atoms with E-state index in [0.29, 0.717) is 12.0 Å². The molecule has 0 unspecified atom stereocenters. The lowest BCUT2D eigenvalue weighted by Crippen LogP contribution is -2.47. The van der Waals surface area contributed by atoms with Crippen molar-refractivity contribution in [1.29, 1.82) is 5.26 Å². The number of nitrogens with zero attached hydrogens (tertiary/aromatic N) is 2. The maximum absolute atomic E-state index is 8.43. The smallest absolute Gasteiger partial charge is 0.0866 e. The van der Waals surface area contributed by atoms with Crippen LogP contribution in [0.5, 0.6) is 0 Å². The molecule has 2 nitrogen and oxygen atoms in total. The number of likely N-dealkylation sites (tertiary alicyclic amines) is 1. The molecule has 1 fully saturated rings. The van der Waals surface area contributed by atoms with Crippen molar-refractivity contribution in [3.63, 3.8) is 0 Å². The average molecular weight is 166 g/mol.